The van der Waals surface area contributed by atoms with Gasteiger partial charge in [-0.25, -0.2) is 0 Å². The first kappa shape index (κ1) is 14.8. The average Bonchev–Trinajstić information content (AvgIpc) is 3.03. The van der Waals surface area contributed by atoms with Gasteiger partial charge in [-0.15, -0.1) is 0 Å². The van der Waals surface area contributed by atoms with Gasteiger partial charge in [-0.1, -0.05) is 0 Å². The van der Waals surface area contributed by atoms with Crippen molar-refractivity contribution >= 4 is 17.9 Å². The highest BCUT2D eigenvalue weighted by Crippen LogP contribution is 2.46. The largest absolute Gasteiger partial charge is 0.469 e. The van der Waals surface area contributed by atoms with Gasteiger partial charge in [0.25, 0.3) is 0 Å². The van der Waals surface area contributed by atoms with E-state index in [2.05, 4.69) is 4.74 Å². The molecule has 1 heterocycles. The molecule has 1 aliphatic carbocycles. The number of esters is 3. The molecule has 20 heavy (non-hydrogen) atoms. The van der Waals surface area contributed by atoms with Crippen LogP contribution in [0.5, 0.6) is 0 Å². The lowest BCUT2D eigenvalue weighted by Gasteiger charge is -2.24. The Hall–Kier alpha value is -1.59. The maximum absolute atomic E-state index is 12.0. The lowest BCUT2D eigenvalue weighted by molar-refractivity contribution is -0.152. The Labute approximate surface area is 117 Å². The molecule has 0 amide bonds. The molecule has 0 spiro atoms. The first-order valence-corrected chi connectivity index (χ1v) is 6.89. The van der Waals surface area contributed by atoms with E-state index in [0.717, 1.165) is 12.8 Å². The summed E-state index contributed by atoms with van der Waals surface area (Å²) >= 11 is 0. The fourth-order valence-corrected chi connectivity index (χ4v) is 3.50. The molecule has 0 aromatic carbocycles. The Balaban J connectivity index is 2.14. The molecule has 2 rings (SSSR count). The monoisotopic (exact) mass is 284 g/mol. The van der Waals surface area contributed by atoms with Gasteiger partial charge in [0, 0.05) is 6.42 Å². The summed E-state index contributed by atoms with van der Waals surface area (Å²) in [6.07, 6.45) is 2.29. The topological polar surface area (TPSA) is 78.9 Å². The number of ether oxygens (including phenoxy) is 3. The van der Waals surface area contributed by atoms with E-state index in [9.17, 15) is 14.4 Å². The second-order valence-electron chi connectivity index (χ2n) is 5.39. The molecule has 4 atom stereocenters. The van der Waals surface area contributed by atoms with Crippen molar-refractivity contribution in [3.8, 4) is 0 Å². The maximum Gasteiger partial charge on any atom is 0.309 e. The summed E-state index contributed by atoms with van der Waals surface area (Å²) in [4.78, 5) is 35.2. The predicted molar refractivity (Wildman–Crippen MR) is 67.4 cm³/mol. The van der Waals surface area contributed by atoms with Crippen molar-refractivity contribution in [1.82, 2.24) is 0 Å². The fraction of sp³-hybridized carbons (Fsp3) is 0.786. The summed E-state index contributed by atoms with van der Waals surface area (Å²) in [5.74, 6) is -1.79. The van der Waals surface area contributed by atoms with Crippen LogP contribution in [0.4, 0.5) is 0 Å². The second kappa shape index (κ2) is 6.24. The highest BCUT2D eigenvalue weighted by atomic mass is 16.5. The van der Waals surface area contributed by atoms with Gasteiger partial charge in [-0.3, -0.25) is 14.4 Å². The normalized spacial score (nSPS) is 32.8. The van der Waals surface area contributed by atoms with Crippen LogP contribution in [0.2, 0.25) is 0 Å². The predicted octanol–water partition coefficient (Wildman–Crippen LogP) is 0.928. The first-order valence-electron chi connectivity index (χ1n) is 6.89. The van der Waals surface area contributed by atoms with Gasteiger partial charge in [-0.05, 0) is 31.1 Å². The van der Waals surface area contributed by atoms with Gasteiger partial charge in [0.15, 0.2) is 0 Å². The molecule has 1 unspecified atom stereocenters. The molecular weight excluding hydrogens is 264 g/mol. The van der Waals surface area contributed by atoms with Crippen molar-refractivity contribution in [3.05, 3.63) is 0 Å². The van der Waals surface area contributed by atoms with Crippen LogP contribution >= 0.6 is 0 Å². The van der Waals surface area contributed by atoms with Crippen molar-refractivity contribution in [3.63, 3.8) is 0 Å². The number of hydrogen-bond donors (Lipinski definition) is 0. The number of carbonyl (C=O) groups excluding carboxylic acids is 3. The summed E-state index contributed by atoms with van der Waals surface area (Å²) < 4.78 is 14.5. The minimum absolute atomic E-state index is 0.0906. The Morgan fingerprint density at radius 2 is 1.95 bits per heavy atom. The number of rotatable bonds is 4. The third kappa shape index (κ3) is 2.78. The molecule has 0 aromatic heterocycles. The third-order valence-electron chi connectivity index (χ3n) is 4.46. The SMILES string of the molecule is COC(=O)C[C@H]1CC[C@@H](C2CCOC2=O)[C@H]1C(=O)OC. The van der Waals surface area contributed by atoms with E-state index in [1.54, 1.807) is 0 Å². The molecule has 2 aliphatic rings. The lowest BCUT2D eigenvalue weighted by atomic mass is 9.79. The fourth-order valence-electron chi connectivity index (χ4n) is 3.50. The van der Waals surface area contributed by atoms with Gasteiger partial charge in [-0.2, -0.15) is 0 Å². The van der Waals surface area contributed by atoms with Crippen LogP contribution in [0.15, 0.2) is 0 Å². The third-order valence-corrected chi connectivity index (χ3v) is 4.46. The molecule has 0 N–H and O–H groups in total. The van der Waals surface area contributed by atoms with Crippen molar-refractivity contribution in [2.45, 2.75) is 25.7 Å². The van der Waals surface area contributed by atoms with Crippen molar-refractivity contribution in [2.24, 2.45) is 23.7 Å². The highest BCUT2D eigenvalue weighted by molar-refractivity contribution is 5.79. The summed E-state index contributed by atoms with van der Waals surface area (Å²) in [6, 6.07) is 0. The van der Waals surface area contributed by atoms with E-state index < -0.39 is 5.92 Å². The summed E-state index contributed by atoms with van der Waals surface area (Å²) in [7, 11) is 2.66. The smallest absolute Gasteiger partial charge is 0.309 e. The minimum Gasteiger partial charge on any atom is -0.469 e. The van der Waals surface area contributed by atoms with Crippen molar-refractivity contribution in [1.29, 1.82) is 0 Å². The highest BCUT2D eigenvalue weighted by Gasteiger charge is 2.49. The maximum atomic E-state index is 12.0. The number of methoxy groups -OCH3 is 2. The molecule has 1 aliphatic heterocycles. The molecular formula is C14H20O6. The van der Waals surface area contributed by atoms with E-state index in [1.807, 2.05) is 0 Å². The number of carbonyl (C=O) groups is 3. The van der Waals surface area contributed by atoms with Crippen LogP contribution in [-0.2, 0) is 28.6 Å². The standard InChI is InChI=1S/C14H20O6/c1-18-11(15)7-8-3-4-9(12(8)14(17)19-2)10-5-6-20-13(10)16/h8-10,12H,3-7H2,1-2H3/t8-,9+,10?,12+/m1/s1. The van der Waals surface area contributed by atoms with Crippen LogP contribution in [0, 0.1) is 23.7 Å². The van der Waals surface area contributed by atoms with Crippen LogP contribution in [0.3, 0.4) is 0 Å². The molecule has 6 heteroatoms. The van der Waals surface area contributed by atoms with E-state index in [0.29, 0.717) is 13.0 Å². The summed E-state index contributed by atoms with van der Waals surface area (Å²) in [6.45, 7) is 0.412. The Morgan fingerprint density at radius 3 is 2.50 bits per heavy atom. The summed E-state index contributed by atoms with van der Waals surface area (Å²) in [5.41, 5.74) is 0. The number of hydrogen-bond acceptors (Lipinski definition) is 6. The van der Waals surface area contributed by atoms with E-state index in [1.165, 1.54) is 14.2 Å². The zero-order chi connectivity index (χ0) is 14.7. The van der Waals surface area contributed by atoms with Crippen LogP contribution in [0.1, 0.15) is 25.7 Å². The zero-order valence-electron chi connectivity index (χ0n) is 11.8. The Bertz CT molecular complexity index is 404. The second-order valence-corrected chi connectivity index (χ2v) is 5.39. The lowest BCUT2D eigenvalue weighted by Crippen LogP contribution is -2.33. The van der Waals surface area contributed by atoms with Gasteiger partial charge in [0.05, 0.1) is 32.7 Å². The molecule has 6 nitrogen and oxygen atoms in total. The average molecular weight is 284 g/mol. The van der Waals surface area contributed by atoms with Gasteiger partial charge >= 0.3 is 17.9 Å². The van der Waals surface area contributed by atoms with Gasteiger partial charge < -0.3 is 14.2 Å². The molecule has 0 aromatic rings. The molecule has 0 bridgehead atoms. The van der Waals surface area contributed by atoms with Crippen LogP contribution in [0.25, 0.3) is 0 Å². The van der Waals surface area contributed by atoms with Gasteiger partial charge in [0.2, 0.25) is 0 Å². The van der Waals surface area contributed by atoms with Crippen molar-refractivity contribution in [2.75, 3.05) is 20.8 Å². The van der Waals surface area contributed by atoms with Gasteiger partial charge in [0.1, 0.15) is 0 Å². The quantitative estimate of drug-likeness (QED) is 0.564. The number of cyclic esters (lactones) is 1. The Morgan fingerprint density at radius 1 is 1.20 bits per heavy atom. The Kier molecular flexibility index (Phi) is 4.62. The van der Waals surface area contributed by atoms with E-state index >= 15 is 0 Å². The molecule has 0 radical (unpaired) electrons. The molecule has 1 saturated heterocycles. The van der Waals surface area contributed by atoms with E-state index in [4.69, 9.17) is 9.47 Å². The minimum atomic E-state index is -0.422. The van der Waals surface area contributed by atoms with E-state index in [-0.39, 0.29) is 42.1 Å². The zero-order valence-corrected chi connectivity index (χ0v) is 11.8. The molecule has 2 fully saturated rings. The van der Waals surface area contributed by atoms with Crippen LogP contribution in [-0.4, -0.2) is 38.7 Å². The molecule has 1 saturated carbocycles. The summed E-state index contributed by atoms with van der Waals surface area (Å²) in [5, 5.41) is 0. The van der Waals surface area contributed by atoms with Crippen molar-refractivity contribution < 1.29 is 28.6 Å². The first-order chi connectivity index (χ1) is 9.58. The molecule has 112 valence electrons. The van der Waals surface area contributed by atoms with Crippen LogP contribution < -0.4 is 0 Å².